The van der Waals surface area contributed by atoms with Crippen molar-refractivity contribution in [2.75, 3.05) is 16.8 Å². The third-order valence-electron chi connectivity index (χ3n) is 6.61. The summed E-state index contributed by atoms with van der Waals surface area (Å²) in [5.41, 5.74) is 3.46. The van der Waals surface area contributed by atoms with E-state index in [4.69, 9.17) is 0 Å². The summed E-state index contributed by atoms with van der Waals surface area (Å²) in [5, 5.41) is 2.93. The molecule has 1 aliphatic heterocycles. The first-order valence-corrected chi connectivity index (χ1v) is 11.4. The Morgan fingerprint density at radius 2 is 1.76 bits per heavy atom. The molecule has 2 amide bonds. The number of benzene rings is 2. The van der Waals surface area contributed by atoms with Crippen LogP contribution in [0.1, 0.15) is 53.7 Å². The van der Waals surface area contributed by atoms with Gasteiger partial charge in [0, 0.05) is 40.7 Å². The van der Waals surface area contributed by atoms with E-state index < -0.39 is 0 Å². The summed E-state index contributed by atoms with van der Waals surface area (Å²) in [6.07, 6.45) is 6.91. The van der Waals surface area contributed by atoms with Gasteiger partial charge in [0.25, 0.3) is 5.91 Å². The average molecular weight is 436 g/mol. The van der Waals surface area contributed by atoms with E-state index in [1.807, 2.05) is 59.5 Å². The third-order valence-corrected chi connectivity index (χ3v) is 6.61. The molecule has 0 unspecified atom stereocenters. The van der Waals surface area contributed by atoms with Crippen LogP contribution in [0.3, 0.4) is 0 Å². The molecular formula is C28H25N3O2. The number of hydrogen-bond acceptors (Lipinski definition) is 3. The molecule has 5 rings (SSSR count). The van der Waals surface area contributed by atoms with Crippen molar-refractivity contribution >= 4 is 23.2 Å². The molecule has 1 aliphatic carbocycles. The highest BCUT2D eigenvalue weighted by atomic mass is 16.2. The summed E-state index contributed by atoms with van der Waals surface area (Å²) in [4.78, 5) is 31.9. The van der Waals surface area contributed by atoms with Gasteiger partial charge in [0.2, 0.25) is 5.91 Å². The Morgan fingerprint density at radius 1 is 0.939 bits per heavy atom. The molecule has 2 fully saturated rings. The maximum absolute atomic E-state index is 13.0. The average Bonchev–Trinajstić information content (AvgIpc) is 2.83. The quantitative estimate of drug-likeness (QED) is 0.587. The van der Waals surface area contributed by atoms with Crippen LogP contribution in [0.25, 0.3) is 0 Å². The summed E-state index contributed by atoms with van der Waals surface area (Å²) in [7, 11) is 0. The number of nitrogens with one attached hydrogen (secondary N) is 1. The molecule has 1 saturated heterocycles. The van der Waals surface area contributed by atoms with Crippen molar-refractivity contribution in [2.45, 2.75) is 32.1 Å². The molecule has 164 valence electrons. The van der Waals surface area contributed by atoms with Gasteiger partial charge in [-0.3, -0.25) is 9.59 Å². The minimum absolute atomic E-state index is 0.126. The van der Waals surface area contributed by atoms with Crippen molar-refractivity contribution in [3.63, 3.8) is 0 Å². The Hall–Kier alpha value is -3.91. The lowest BCUT2D eigenvalue weighted by molar-refractivity contribution is -0.135. The smallest absolute Gasteiger partial charge is 0.255 e. The highest BCUT2D eigenvalue weighted by Gasteiger charge is 2.48. The number of amides is 2. The number of carbonyl (C=O) groups is 2. The SMILES string of the molecule is O=C(Nc1cccc(C#Cc2ccccn2)c1)c1ccc(N2CCCC3(CCC3)C2=O)cc1. The van der Waals surface area contributed by atoms with Gasteiger partial charge in [-0.05, 0) is 86.2 Å². The first kappa shape index (κ1) is 21.0. The molecule has 33 heavy (non-hydrogen) atoms. The van der Waals surface area contributed by atoms with Gasteiger partial charge < -0.3 is 10.2 Å². The number of pyridine rings is 1. The Kier molecular flexibility index (Phi) is 5.66. The summed E-state index contributed by atoms with van der Waals surface area (Å²) >= 11 is 0. The van der Waals surface area contributed by atoms with E-state index in [0.717, 1.165) is 49.9 Å². The molecule has 2 aromatic carbocycles. The Labute approximate surface area is 193 Å². The fourth-order valence-corrected chi connectivity index (χ4v) is 4.63. The van der Waals surface area contributed by atoms with Gasteiger partial charge in [-0.1, -0.05) is 24.5 Å². The zero-order chi connectivity index (χ0) is 22.7. The van der Waals surface area contributed by atoms with E-state index in [-0.39, 0.29) is 17.2 Å². The van der Waals surface area contributed by atoms with Gasteiger partial charge in [0.15, 0.2) is 0 Å². The molecule has 2 heterocycles. The number of piperidine rings is 1. The number of anilines is 2. The number of rotatable bonds is 3. The van der Waals surface area contributed by atoms with Crippen molar-refractivity contribution in [1.82, 2.24) is 4.98 Å². The van der Waals surface area contributed by atoms with Crippen molar-refractivity contribution in [3.05, 3.63) is 89.7 Å². The van der Waals surface area contributed by atoms with Crippen molar-refractivity contribution in [1.29, 1.82) is 0 Å². The van der Waals surface area contributed by atoms with Gasteiger partial charge in [0.1, 0.15) is 5.69 Å². The van der Waals surface area contributed by atoms with Gasteiger partial charge in [0.05, 0.1) is 0 Å². The molecule has 3 aromatic rings. The molecule has 5 heteroatoms. The molecular weight excluding hydrogens is 410 g/mol. The van der Waals surface area contributed by atoms with Crippen LogP contribution in [0.15, 0.2) is 72.9 Å². The Morgan fingerprint density at radius 3 is 2.48 bits per heavy atom. The zero-order valence-electron chi connectivity index (χ0n) is 18.4. The highest BCUT2D eigenvalue weighted by molar-refractivity contribution is 6.05. The highest BCUT2D eigenvalue weighted by Crippen LogP contribution is 2.49. The van der Waals surface area contributed by atoms with Crippen LogP contribution >= 0.6 is 0 Å². The van der Waals surface area contributed by atoms with Gasteiger partial charge in [-0.25, -0.2) is 4.98 Å². The fraction of sp³-hybridized carbons (Fsp3) is 0.250. The van der Waals surface area contributed by atoms with Crippen LogP contribution in [-0.2, 0) is 4.79 Å². The van der Waals surface area contributed by atoms with E-state index >= 15 is 0 Å². The van der Waals surface area contributed by atoms with Crippen molar-refractivity contribution < 1.29 is 9.59 Å². The van der Waals surface area contributed by atoms with E-state index in [1.54, 1.807) is 18.3 Å². The van der Waals surface area contributed by atoms with Gasteiger partial charge >= 0.3 is 0 Å². The molecule has 5 nitrogen and oxygen atoms in total. The minimum Gasteiger partial charge on any atom is -0.322 e. The maximum atomic E-state index is 13.0. The number of aromatic nitrogens is 1. The number of carbonyl (C=O) groups excluding carboxylic acids is 2. The Bertz CT molecular complexity index is 1240. The predicted octanol–water partition coefficient (Wildman–Crippen LogP) is 5.03. The molecule has 1 spiro atoms. The predicted molar refractivity (Wildman–Crippen MR) is 129 cm³/mol. The number of nitrogens with zero attached hydrogens (tertiary/aromatic N) is 2. The normalized spacial score (nSPS) is 16.5. The van der Waals surface area contributed by atoms with Gasteiger partial charge in [-0.15, -0.1) is 0 Å². The van der Waals surface area contributed by atoms with Crippen LogP contribution in [-0.4, -0.2) is 23.3 Å². The third kappa shape index (κ3) is 4.38. The Balaban J connectivity index is 1.26. The largest absolute Gasteiger partial charge is 0.322 e. The second-order valence-electron chi connectivity index (χ2n) is 8.74. The van der Waals surface area contributed by atoms with E-state index in [1.165, 1.54) is 0 Å². The van der Waals surface area contributed by atoms with E-state index in [0.29, 0.717) is 16.9 Å². The van der Waals surface area contributed by atoms with Crippen LogP contribution < -0.4 is 10.2 Å². The van der Waals surface area contributed by atoms with Gasteiger partial charge in [-0.2, -0.15) is 0 Å². The molecule has 0 radical (unpaired) electrons. The summed E-state index contributed by atoms with van der Waals surface area (Å²) in [6.45, 7) is 0.748. The lowest BCUT2D eigenvalue weighted by Crippen LogP contribution is -2.52. The van der Waals surface area contributed by atoms with Crippen LogP contribution in [0, 0.1) is 17.3 Å². The standard InChI is InChI=1S/C28H25N3O2/c32-26(30-24-8-3-6-21(20-24)9-12-23-7-1-2-18-29-23)22-10-13-25(14-11-22)31-19-5-17-28(27(31)33)15-4-16-28/h1-3,6-8,10-11,13-14,18,20H,4-5,15-17,19H2,(H,30,32). The lowest BCUT2D eigenvalue weighted by atomic mass is 9.63. The number of hydrogen-bond donors (Lipinski definition) is 1. The molecule has 1 N–H and O–H groups in total. The summed E-state index contributed by atoms with van der Waals surface area (Å²) < 4.78 is 0. The van der Waals surface area contributed by atoms with E-state index in [9.17, 15) is 9.59 Å². The molecule has 0 atom stereocenters. The zero-order valence-corrected chi connectivity index (χ0v) is 18.4. The molecule has 1 saturated carbocycles. The molecule has 2 aliphatic rings. The summed E-state index contributed by atoms with van der Waals surface area (Å²) in [6, 6.07) is 20.3. The van der Waals surface area contributed by atoms with E-state index in [2.05, 4.69) is 22.1 Å². The fourth-order valence-electron chi connectivity index (χ4n) is 4.63. The van der Waals surface area contributed by atoms with Crippen LogP contribution in [0.4, 0.5) is 11.4 Å². The molecule has 0 bridgehead atoms. The van der Waals surface area contributed by atoms with Crippen molar-refractivity contribution in [2.24, 2.45) is 5.41 Å². The first-order valence-electron chi connectivity index (χ1n) is 11.4. The van der Waals surface area contributed by atoms with Crippen molar-refractivity contribution in [3.8, 4) is 11.8 Å². The van der Waals surface area contributed by atoms with Crippen LogP contribution in [0.5, 0.6) is 0 Å². The minimum atomic E-state index is -0.197. The topological polar surface area (TPSA) is 62.3 Å². The second-order valence-corrected chi connectivity index (χ2v) is 8.74. The van der Waals surface area contributed by atoms with Crippen LogP contribution in [0.2, 0.25) is 0 Å². The molecule has 1 aromatic heterocycles. The maximum Gasteiger partial charge on any atom is 0.255 e. The summed E-state index contributed by atoms with van der Waals surface area (Å²) in [5.74, 6) is 6.15. The lowest BCUT2D eigenvalue weighted by Gasteiger charge is -2.47. The second kappa shape index (κ2) is 8.91. The first-order chi connectivity index (χ1) is 16.1. The monoisotopic (exact) mass is 435 g/mol.